The van der Waals surface area contributed by atoms with Crippen molar-refractivity contribution in [3.63, 3.8) is 0 Å². The van der Waals surface area contributed by atoms with Gasteiger partial charge in [0, 0.05) is 5.69 Å². The zero-order chi connectivity index (χ0) is 11.3. The Labute approximate surface area is 89.2 Å². The SMILES string of the molecule is FC(F)(F)ONC(=S)Nc1ccccc1. The number of hydrogen-bond donors (Lipinski definition) is 2. The Morgan fingerprint density at radius 2 is 1.80 bits per heavy atom. The molecule has 82 valence electrons. The van der Waals surface area contributed by atoms with E-state index >= 15 is 0 Å². The molecule has 1 aromatic carbocycles. The number of benzene rings is 1. The van der Waals surface area contributed by atoms with Gasteiger partial charge in [-0.1, -0.05) is 18.2 Å². The third kappa shape index (κ3) is 5.18. The number of hydrogen-bond acceptors (Lipinski definition) is 2. The third-order valence-corrected chi connectivity index (χ3v) is 1.48. The number of alkyl halides is 3. The summed E-state index contributed by atoms with van der Waals surface area (Å²) in [5, 5.41) is 2.24. The molecule has 0 aliphatic carbocycles. The van der Waals surface area contributed by atoms with Crippen LogP contribution in [0.4, 0.5) is 18.9 Å². The normalized spacial score (nSPS) is 10.9. The highest BCUT2D eigenvalue weighted by Crippen LogP contribution is 2.14. The standard InChI is InChI=1S/C8H7F3N2OS/c9-8(10,11)14-13-7(15)12-6-4-2-1-3-5-6/h1-5H,(H2,12,13,15). The third-order valence-electron chi connectivity index (χ3n) is 1.29. The molecule has 0 saturated heterocycles. The summed E-state index contributed by atoms with van der Waals surface area (Å²) in [5.41, 5.74) is 2.14. The van der Waals surface area contributed by atoms with E-state index in [1.54, 1.807) is 35.8 Å². The average Bonchev–Trinajstić information content (AvgIpc) is 2.15. The Bertz CT molecular complexity index is 328. The molecule has 0 saturated carbocycles. The minimum Gasteiger partial charge on any atom is -0.331 e. The number of hydroxylamine groups is 1. The first-order chi connectivity index (χ1) is 6.97. The molecule has 15 heavy (non-hydrogen) atoms. The van der Waals surface area contributed by atoms with Gasteiger partial charge in [0.05, 0.1) is 0 Å². The van der Waals surface area contributed by atoms with Crippen LogP contribution in [0.1, 0.15) is 0 Å². The zero-order valence-electron chi connectivity index (χ0n) is 7.34. The number of nitrogens with one attached hydrogen (secondary N) is 2. The maximum atomic E-state index is 11.6. The van der Waals surface area contributed by atoms with E-state index in [-0.39, 0.29) is 5.11 Å². The molecule has 0 aromatic heterocycles. The highest BCUT2D eigenvalue weighted by Gasteiger charge is 2.30. The lowest BCUT2D eigenvalue weighted by molar-refractivity contribution is -0.341. The summed E-state index contributed by atoms with van der Waals surface area (Å²) in [6.07, 6.45) is -4.76. The summed E-state index contributed by atoms with van der Waals surface area (Å²) in [7, 11) is 0. The van der Waals surface area contributed by atoms with E-state index in [1.165, 1.54) is 0 Å². The molecular formula is C8H7F3N2OS. The van der Waals surface area contributed by atoms with Gasteiger partial charge in [0.25, 0.3) is 0 Å². The smallest absolute Gasteiger partial charge is 0.331 e. The quantitative estimate of drug-likeness (QED) is 0.610. The number of rotatable bonds is 2. The van der Waals surface area contributed by atoms with E-state index in [1.807, 2.05) is 0 Å². The van der Waals surface area contributed by atoms with Gasteiger partial charge in [-0.15, -0.1) is 13.2 Å². The Morgan fingerprint density at radius 3 is 2.33 bits per heavy atom. The van der Waals surface area contributed by atoms with Crippen LogP contribution in [0.25, 0.3) is 0 Å². The highest BCUT2D eigenvalue weighted by molar-refractivity contribution is 7.80. The topological polar surface area (TPSA) is 33.3 Å². The molecule has 0 spiro atoms. The summed E-state index contributed by atoms with van der Waals surface area (Å²) in [6.45, 7) is 0. The van der Waals surface area contributed by atoms with Crippen molar-refractivity contribution in [2.24, 2.45) is 0 Å². The van der Waals surface area contributed by atoms with Crippen molar-refractivity contribution >= 4 is 23.0 Å². The van der Waals surface area contributed by atoms with Gasteiger partial charge in [-0.2, -0.15) is 4.84 Å². The van der Waals surface area contributed by atoms with Crippen LogP contribution in [0.2, 0.25) is 0 Å². The van der Waals surface area contributed by atoms with Crippen LogP contribution in [-0.2, 0) is 4.84 Å². The maximum absolute atomic E-state index is 11.6. The van der Waals surface area contributed by atoms with Gasteiger partial charge in [-0.25, -0.2) is 5.48 Å². The van der Waals surface area contributed by atoms with E-state index < -0.39 is 6.36 Å². The van der Waals surface area contributed by atoms with E-state index in [0.29, 0.717) is 5.69 Å². The van der Waals surface area contributed by atoms with Crippen LogP contribution in [0.3, 0.4) is 0 Å². The van der Waals surface area contributed by atoms with Gasteiger partial charge >= 0.3 is 6.36 Å². The van der Waals surface area contributed by atoms with Crippen molar-refractivity contribution < 1.29 is 18.0 Å². The van der Waals surface area contributed by atoms with Gasteiger partial charge in [0.15, 0.2) is 5.11 Å². The van der Waals surface area contributed by atoms with Crippen LogP contribution >= 0.6 is 12.2 Å². The Kier molecular flexibility index (Phi) is 3.87. The van der Waals surface area contributed by atoms with Crippen LogP contribution in [0.15, 0.2) is 30.3 Å². The van der Waals surface area contributed by atoms with Gasteiger partial charge in [-0.05, 0) is 24.4 Å². The summed E-state index contributed by atoms with van der Waals surface area (Å²) in [4.78, 5) is 3.31. The van der Waals surface area contributed by atoms with Crippen molar-refractivity contribution in [1.29, 1.82) is 0 Å². The second-order valence-electron chi connectivity index (χ2n) is 2.47. The number of para-hydroxylation sites is 1. The van der Waals surface area contributed by atoms with Crippen molar-refractivity contribution in [2.45, 2.75) is 6.36 Å². The van der Waals surface area contributed by atoms with E-state index in [0.717, 1.165) is 0 Å². The van der Waals surface area contributed by atoms with Crippen LogP contribution in [-0.4, -0.2) is 11.5 Å². The number of anilines is 1. The fourth-order valence-electron chi connectivity index (χ4n) is 0.782. The molecule has 0 bridgehead atoms. The number of halogens is 3. The van der Waals surface area contributed by atoms with Gasteiger partial charge < -0.3 is 5.32 Å². The Hall–Kier alpha value is -1.34. The van der Waals surface area contributed by atoms with Gasteiger partial charge in [0.1, 0.15) is 0 Å². The largest absolute Gasteiger partial charge is 0.543 e. The molecule has 0 atom stereocenters. The molecule has 0 amide bonds. The molecule has 0 fully saturated rings. The molecule has 1 aromatic rings. The van der Waals surface area contributed by atoms with Crippen molar-refractivity contribution in [3.8, 4) is 0 Å². The molecule has 0 aliphatic heterocycles. The zero-order valence-corrected chi connectivity index (χ0v) is 8.15. The summed E-state index contributed by atoms with van der Waals surface area (Å²) >= 11 is 4.56. The van der Waals surface area contributed by atoms with E-state index in [4.69, 9.17) is 0 Å². The van der Waals surface area contributed by atoms with Gasteiger partial charge in [-0.3, -0.25) is 0 Å². The summed E-state index contributed by atoms with van der Waals surface area (Å²) in [5.74, 6) is 0. The second kappa shape index (κ2) is 4.94. The van der Waals surface area contributed by atoms with Crippen LogP contribution in [0.5, 0.6) is 0 Å². The highest BCUT2D eigenvalue weighted by atomic mass is 32.1. The Morgan fingerprint density at radius 1 is 1.20 bits per heavy atom. The molecule has 3 nitrogen and oxygen atoms in total. The fourth-order valence-corrected chi connectivity index (χ4v) is 0.942. The summed E-state index contributed by atoms with van der Waals surface area (Å²) < 4.78 is 34.7. The lowest BCUT2D eigenvalue weighted by Crippen LogP contribution is -2.34. The lowest BCUT2D eigenvalue weighted by Gasteiger charge is -2.11. The second-order valence-corrected chi connectivity index (χ2v) is 2.88. The monoisotopic (exact) mass is 236 g/mol. The predicted molar refractivity (Wildman–Crippen MR) is 52.9 cm³/mol. The minimum absolute atomic E-state index is 0.265. The minimum atomic E-state index is -4.76. The average molecular weight is 236 g/mol. The summed E-state index contributed by atoms with van der Waals surface area (Å²) in [6, 6.07) is 8.52. The van der Waals surface area contributed by atoms with Crippen molar-refractivity contribution in [3.05, 3.63) is 30.3 Å². The van der Waals surface area contributed by atoms with Crippen LogP contribution < -0.4 is 10.8 Å². The van der Waals surface area contributed by atoms with Crippen molar-refractivity contribution in [1.82, 2.24) is 5.48 Å². The first-order valence-electron chi connectivity index (χ1n) is 3.84. The molecule has 0 radical (unpaired) electrons. The molecule has 0 aliphatic rings. The number of thiocarbonyl (C=S) groups is 1. The van der Waals surface area contributed by atoms with E-state index in [2.05, 4.69) is 22.4 Å². The van der Waals surface area contributed by atoms with Gasteiger partial charge in [0.2, 0.25) is 0 Å². The lowest BCUT2D eigenvalue weighted by atomic mass is 10.3. The first-order valence-corrected chi connectivity index (χ1v) is 4.25. The predicted octanol–water partition coefficient (Wildman–Crippen LogP) is 2.42. The molecule has 0 unspecified atom stereocenters. The van der Waals surface area contributed by atoms with Crippen LogP contribution in [0, 0.1) is 0 Å². The molecule has 0 heterocycles. The Balaban J connectivity index is 2.38. The molecular weight excluding hydrogens is 229 g/mol. The van der Waals surface area contributed by atoms with E-state index in [9.17, 15) is 13.2 Å². The molecule has 1 rings (SSSR count). The first kappa shape index (κ1) is 11.7. The molecule has 7 heteroatoms. The maximum Gasteiger partial charge on any atom is 0.543 e. The van der Waals surface area contributed by atoms with Crippen molar-refractivity contribution in [2.75, 3.05) is 5.32 Å². The molecule has 2 N–H and O–H groups in total. The fraction of sp³-hybridized carbons (Fsp3) is 0.125.